The van der Waals surface area contributed by atoms with Gasteiger partial charge in [0.25, 0.3) is 0 Å². The Morgan fingerprint density at radius 2 is 1.45 bits per heavy atom. The Kier molecular flexibility index (Phi) is 7.22. The van der Waals surface area contributed by atoms with Gasteiger partial charge in [-0.15, -0.1) is 0 Å². The van der Waals surface area contributed by atoms with Crippen LogP contribution in [0.4, 0.5) is 0 Å². The molecule has 0 aliphatic carbocycles. The second-order valence-corrected chi connectivity index (χ2v) is 8.90. The molecule has 1 atom stereocenters. The SMILES string of the molecule is O=C(CN1CCN(C(=O)C(c2ccccc2)N2CCCCC2=O)CC1)N1CCCCC1. The highest BCUT2D eigenvalue weighted by molar-refractivity contribution is 5.89. The third-order valence-electron chi connectivity index (χ3n) is 6.77. The highest BCUT2D eigenvalue weighted by Gasteiger charge is 2.36. The lowest BCUT2D eigenvalue weighted by Gasteiger charge is -2.40. The molecule has 4 rings (SSSR count). The summed E-state index contributed by atoms with van der Waals surface area (Å²) in [4.78, 5) is 46.5. The van der Waals surface area contributed by atoms with E-state index in [2.05, 4.69) is 4.90 Å². The zero-order valence-corrected chi connectivity index (χ0v) is 18.4. The van der Waals surface area contributed by atoms with E-state index in [0.29, 0.717) is 45.7 Å². The van der Waals surface area contributed by atoms with E-state index in [0.717, 1.165) is 44.3 Å². The van der Waals surface area contributed by atoms with Gasteiger partial charge in [0.1, 0.15) is 6.04 Å². The molecule has 0 radical (unpaired) electrons. The van der Waals surface area contributed by atoms with Gasteiger partial charge in [-0.25, -0.2) is 0 Å². The van der Waals surface area contributed by atoms with Gasteiger partial charge in [0, 0.05) is 52.2 Å². The Morgan fingerprint density at radius 3 is 2.13 bits per heavy atom. The molecule has 7 heteroatoms. The van der Waals surface area contributed by atoms with Crippen LogP contribution in [0, 0.1) is 0 Å². The molecule has 3 saturated heterocycles. The fourth-order valence-electron chi connectivity index (χ4n) is 4.92. The Bertz CT molecular complexity index is 770. The topological polar surface area (TPSA) is 64.2 Å². The Labute approximate surface area is 185 Å². The van der Waals surface area contributed by atoms with E-state index < -0.39 is 6.04 Å². The molecular weight excluding hydrogens is 392 g/mol. The number of rotatable bonds is 5. The summed E-state index contributed by atoms with van der Waals surface area (Å²) in [5.41, 5.74) is 0.880. The number of piperidine rings is 2. The summed E-state index contributed by atoms with van der Waals surface area (Å²) in [6.45, 7) is 5.40. The molecule has 0 spiro atoms. The first-order valence-electron chi connectivity index (χ1n) is 11.8. The average molecular weight is 427 g/mol. The molecule has 3 fully saturated rings. The molecule has 168 valence electrons. The number of hydrogen-bond acceptors (Lipinski definition) is 4. The van der Waals surface area contributed by atoms with Crippen LogP contribution in [0.1, 0.15) is 50.1 Å². The van der Waals surface area contributed by atoms with E-state index in [1.807, 2.05) is 40.1 Å². The highest BCUT2D eigenvalue weighted by atomic mass is 16.2. The molecule has 7 nitrogen and oxygen atoms in total. The monoisotopic (exact) mass is 426 g/mol. The summed E-state index contributed by atoms with van der Waals surface area (Å²) < 4.78 is 0. The number of nitrogens with zero attached hydrogens (tertiary/aromatic N) is 4. The normalized spacial score (nSPS) is 21.8. The van der Waals surface area contributed by atoms with Gasteiger partial charge in [0.05, 0.1) is 6.54 Å². The van der Waals surface area contributed by atoms with Crippen LogP contribution in [-0.4, -0.2) is 89.7 Å². The van der Waals surface area contributed by atoms with Crippen molar-refractivity contribution >= 4 is 17.7 Å². The van der Waals surface area contributed by atoms with Crippen molar-refractivity contribution in [3.8, 4) is 0 Å². The summed E-state index contributed by atoms with van der Waals surface area (Å²) in [5, 5.41) is 0. The van der Waals surface area contributed by atoms with Gasteiger partial charge >= 0.3 is 0 Å². The van der Waals surface area contributed by atoms with Gasteiger partial charge in [0.15, 0.2) is 0 Å². The third-order valence-corrected chi connectivity index (χ3v) is 6.77. The molecule has 3 amide bonds. The van der Waals surface area contributed by atoms with Crippen LogP contribution in [0.15, 0.2) is 30.3 Å². The van der Waals surface area contributed by atoms with Crippen molar-refractivity contribution < 1.29 is 14.4 Å². The minimum Gasteiger partial charge on any atom is -0.342 e. The average Bonchev–Trinajstić information content (AvgIpc) is 2.82. The number of amides is 3. The van der Waals surface area contributed by atoms with Gasteiger partial charge in [-0.05, 0) is 37.7 Å². The zero-order valence-electron chi connectivity index (χ0n) is 18.4. The van der Waals surface area contributed by atoms with Crippen molar-refractivity contribution in [3.05, 3.63) is 35.9 Å². The maximum Gasteiger partial charge on any atom is 0.250 e. The van der Waals surface area contributed by atoms with Crippen LogP contribution in [0.2, 0.25) is 0 Å². The van der Waals surface area contributed by atoms with Crippen LogP contribution in [0.5, 0.6) is 0 Å². The van der Waals surface area contributed by atoms with Crippen LogP contribution < -0.4 is 0 Å². The Hall–Kier alpha value is -2.41. The van der Waals surface area contributed by atoms with E-state index in [-0.39, 0.29) is 17.7 Å². The summed E-state index contributed by atoms with van der Waals surface area (Å²) in [6, 6.07) is 9.12. The van der Waals surface area contributed by atoms with Crippen molar-refractivity contribution in [2.75, 3.05) is 52.4 Å². The summed E-state index contributed by atoms with van der Waals surface area (Å²) in [6.07, 6.45) is 5.77. The molecule has 3 aliphatic heterocycles. The van der Waals surface area contributed by atoms with E-state index in [4.69, 9.17) is 0 Å². The standard InChI is InChI=1S/C24H34N4O3/c29-21-11-5-8-14-28(21)23(20-9-3-1-4-10-20)24(31)27-17-15-25(16-18-27)19-22(30)26-12-6-2-7-13-26/h1,3-4,9-10,23H,2,5-8,11-19H2. The maximum atomic E-state index is 13.6. The summed E-state index contributed by atoms with van der Waals surface area (Å²) in [7, 11) is 0. The largest absolute Gasteiger partial charge is 0.342 e. The second kappa shape index (κ2) is 10.3. The van der Waals surface area contributed by atoms with E-state index >= 15 is 0 Å². The van der Waals surface area contributed by atoms with Gasteiger partial charge in [-0.3, -0.25) is 19.3 Å². The molecule has 1 aromatic rings. The van der Waals surface area contributed by atoms with Crippen molar-refractivity contribution in [3.63, 3.8) is 0 Å². The lowest BCUT2D eigenvalue weighted by molar-refractivity contribution is -0.149. The van der Waals surface area contributed by atoms with Gasteiger partial charge < -0.3 is 14.7 Å². The van der Waals surface area contributed by atoms with Crippen LogP contribution in [-0.2, 0) is 14.4 Å². The van der Waals surface area contributed by atoms with E-state index in [1.54, 1.807) is 4.90 Å². The minimum atomic E-state index is -0.546. The molecule has 3 aliphatic rings. The van der Waals surface area contributed by atoms with Crippen LogP contribution >= 0.6 is 0 Å². The number of benzene rings is 1. The first-order valence-corrected chi connectivity index (χ1v) is 11.8. The first-order chi connectivity index (χ1) is 15.1. The Morgan fingerprint density at radius 1 is 0.774 bits per heavy atom. The van der Waals surface area contributed by atoms with Gasteiger partial charge in [0.2, 0.25) is 17.7 Å². The van der Waals surface area contributed by atoms with Crippen molar-refractivity contribution in [2.45, 2.75) is 44.6 Å². The molecule has 0 aromatic heterocycles. The molecule has 0 saturated carbocycles. The summed E-state index contributed by atoms with van der Waals surface area (Å²) >= 11 is 0. The van der Waals surface area contributed by atoms with Gasteiger partial charge in [-0.1, -0.05) is 30.3 Å². The molecule has 1 unspecified atom stereocenters. The lowest BCUT2D eigenvalue weighted by Crippen LogP contribution is -2.55. The van der Waals surface area contributed by atoms with E-state index in [1.165, 1.54) is 6.42 Å². The lowest BCUT2D eigenvalue weighted by atomic mass is 9.99. The van der Waals surface area contributed by atoms with Crippen molar-refractivity contribution in [2.24, 2.45) is 0 Å². The first kappa shape index (κ1) is 21.8. The minimum absolute atomic E-state index is 0.00320. The number of piperazine rings is 1. The molecule has 0 bridgehead atoms. The molecule has 3 heterocycles. The number of hydrogen-bond donors (Lipinski definition) is 0. The summed E-state index contributed by atoms with van der Waals surface area (Å²) in [5.74, 6) is 0.281. The van der Waals surface area contributed by atoms with Crippen molar-refractivity contribution in [1.29, 1.82) is 0 Å². The predicted octanol–water partition coefficient (Wildman–Crippen LogP) is 1.90. The quantitative estimate of drug-likeness (QED) is 0.721. The predicted molar refractivity (Wildman–Crippen MR) is 118 cm³/mol. The van der Waals surface area contributed by atoms with Crippen molar-refractivity contribution in [1.82, 2.24) is 19.6 Å². The van der Waals surface area contributed by atoms with Crippen LogP contribution in [0.3, 0.4) is 0 Å². The maximum absolute atomic E-state index is 13.6. The zero-order chi connectivity index (χ0) is 21.6. The smallest absolute Gasteiger partial charge is 0.250 e. The van der Waals surface area contributed by atoms with E-state index in [9.17, 15) is 14.4 Å². The molecular formula is C24H34N4O3. The number of likely N-dealkylation sites (tertiary alicyclic amines) is 2. The fraction of sp³-hybridized carbons (Fsp3) is 0.625. The molecule has 31 heavy (non-hydrogen) atoms. The van der Waals surface area contributed by atoms with Gasteiger partial charge in [-0.2, -0.15) is 0 Å². The fourth-order valence-corrected chi connectivity index (χ4v) is 4.92. The molecule has 0 N–H and O–H groups in total. The number of carbonyl (C=O) groups excluding carboxylic acids is 3. The third kappa shape index (κ3) is 5.26. The Balaban J connectivity index is 1.38. The number of carbonyl (C=O) groups is 3. The highest BCUT2D eigenvalue weighted by Crippen LogP contribution is 2.28. The second-order valence-electron chi connectivity index (χ2n) is 8.90. The molecule has 1 aromatic carbocycles. The van der Waals surface area contributed by atoms with Crippen LogP contribution in [0.25, 0.3) is 0 Å².